The second-order valence-electron chi connectivity index (χ2n) is 4.53. The van der Waals surface area contributed by atoms with Crippen molar-refractivity contribution in [3.8, 4) is 0 Å². The Labute approximate surface area is 115 Å². The normalized spacial score (nSPS) is 12.0. The molecule has 0 heterocycles. The molecule has 1 aromatic rings. The first-order valence-electron chi connectivity index (χ1n) is 6.27. The highest BCUT2D eigenvalue weighted by atomic mass is 32.2. The molecule has 108 valence electrons. The van der Waals surface area contributed by atoms with Crippen molar-refractivity contribution in [2.24, 2.45) is 0 Å². The van der Waals surface area contributed by atoms with Crippen LogP contribution in [0.3, 0.4) is 0 Å². The first-order valence-corrected chi connectivity index (χ1v) is 7.75. The van der Waals surface area contributed by atoms with Crippen molar-refractivity contribution in [1.29, 1.82) is 0 Å². The third-order valence-corrected chi connectivity index (χ3v) is 4.12. The molecule has 6 heteroatoms. The Morgan fingerprint density at radius 2 is 1.95 bits per heavy atom. The van der Waals surface area contributed by atoms with Gasteiger partial charge < -0.3 is 10.1 Å². The lowest BCUT2D eigenvalue weighted by Crippen LogP contribution is -2.29. The quantitative estimate of drug-likeness (QED) is 0.703. The highest BCUT2D eigenvalue weighted by molar-refractivity contribution is 7.89. The minimum atomic E-state index is -3.48. The van der Waals surface area contributed by atoms with E-state index in [4.69, 9.17) is 4.74 Å². The van der Waals surface area contributed by atoms with Gasteiger partial charge in [0.15, 0.2) is 0 Å². The van der Waals surface area contributed by atoms with E-state index in [1.54, 1.807) is 12.1 Å². The van der Waals surface area contributed by atoms with E-state index in [1.165, 1.54) is 7.11 Å². The van der Waals surface area contributed by atoms with Gasteiger partial charge in [0.2, 0.25) is 10.0 Å². The van der Waals surface area contributed by atoms with Gasteiger partial charge in [-0.2, -0.15) is 0 Å². The van der Waals surface area contributed by atoms with Crippen LogP contribution >= 0.6 is 0 Å². The Bertz CT molecular complexity index is 486. The molecule has 0 aliphatic carbocycles. The summed E-state index contributed by atoms with van der Waals surface area (Å²) in [6.07, 6.45) is 0. The molecule has 0 aliphatic heterocycles. The van der Waals surface area contributed by atoms with E-state index in [1.807, 2.05) is 26.0 Å². The fraction of sp³-hybridized carbons (Fsp3) is 0.538. The van der Waals surface area contributed by atoms with Gasteiger partial charge in [-0.15, -0.1) is 0 Å². The highest BCUT2D eigenvalue weighted by Crippen LogP contribution is 2.15. The zero-order chi connectivity index (χ0) is 14.3. The van der Waals surface area contributed by atoms with E-state index in [0.29, 0.717) is 24.1 Å². The largest absolute Gasteiger partial charge is 0.383 e. The Morgan fingerprint density at radius 3 is 2.58 bits per heavy atom. The van der Waals surface area contributed by atoms with Crippen LogP contribution in [0.2, 0.25) is 0 Å². The van der Waals surface area contributed by atoms with Crippen molar-refractivity contribution in [3.63, 3.8) is 0 Å². The van der Waals surface area contributed by atoms with Crippen LogP contribution in [0.15, 0.2) is 29.2 Å². The molecule has 0 bridgehead atoms. The van der Waals surface area contributed by atoms with Crippen molar-refractivity contribution in [1.82, 2.24) is 10.0 Å². The van der Waals surface area contributed by atoms with E-state index >= 15 is 0 Å². The van der Waals surface area contributed by atoms with Gasteiger partial charge in [0, 0.05) is 26.2 Å². The van der Waals surface area contributed by atoms with Crippen molar-refractivity contribution >= 4 is 10.0 Å². The number of nitrogens with one attached hydrogen (secondary N) is 2. The molecule has 1 rings (SSSR count). The van der Waals surface area contributed by atoms with Gasteiger partial charge in [0.1, 0.15) is 0 Å². The molecule has 1 aromatic carbocycles. The summed E-state index contributed by atoms with van der Waals surface area (Å²) in [7, 11) is -1.94. The molecule has 0 amide bonds. The first-order chi connectivity index (χ1) is 8.97. The van der Waals surface area contributed by atoms with Gasteiger partial charge in [-0.05, 0) is 11.6 Å². The van der Waals surface area contributed by atoms with Gasteiger partial charge in [-0.25, -0.2) is 13.1 Å². The predicted octanol–water partition coefficient (Wildman–Crippen LogP) is 1.11. The Morgan fingerprint density at radius 1 is 1.26 bits per heavy atom. The number of ether oxygens (including phenoxy) is 1. The summed E-state index contributed by atoms with van der Waals surface area (Å²) < 4.78 is 31.7. The van der Waals surface area contributed by atoms with Crippen LogP contribution < -0.4 is 10.0 Å². The topological polar surface area (TPSA) is 67.4 Å². The molecule has 0 spiro atoms. The van der Waals surface area contributed by atoms with Crippen LogP contribution in [0.1, 0.15) is 19.4 Å². The minimum absolute atomic E-state index is 0.269. The van der Waals surface area contributed by atoms with Crippen molar-refractivity contribution in [3.05, 3.63) is 29.8 Å². The van der Waals surface area contributed by atoms with E-state index in [-0.39, 0.29) is 6.54 Å². The second-order valence-corrected chi connectivity index (χ2v) is 6.27. The molecule has 2 N–H and O–H groups in total. The third kappa shape index (κ3) is 5.28. The molecule has 0 fully saturated rings. The summed E-state index contributed by atoms with van der Waals surface area (Å²) in [4.78, 5) is 0.319. The lowest BCUT2D eigenvalue weighted by molar-refractivity contribution is 0.204. The number of benzene rings is 1. The molecule has 0 aliphatic rings. The fourth-order valence-electron chi connectivity index (χ4n) is 1.58. The van der Waals surface area contributed by atoms with Crippen LogP contribution in [0.4, 0.5) is 0 Å². The molecule has 5 nitrogen and oxygen atoms in total. The summed E-state index contributed by atoms with van der Waals surface area (Å²) in [6.45, 7) is 5.19. The van der Waals surface area contributed by atoms with Crippen LogP contribution in [-0.4, -0.2) is 34.7 Å². The lowest BCUT2D eigenvalue weighted by atomic mass is 10.2. The molecule has 0 unspecified atom stereocenters. The number of hydrogen-bond acceptors (Lipinski definition) is 4. The van der Waals surface area contributed by atoms with E-state index in [9.17, 15) is 8.42 Å². The Balaban J connectivity index is 2.86. The first kappa shape index (κ1) is 16.1. The molecule has 0 radical (unpaired) electrons. The maximum Gasteiger partial charge on any atom is 0.240 e. The van der Waals surface area contributed by atoms with Gasteiger partial charge in [-0.1, -0.05) is 32.0 Å². The van der Waals surface area contributed by atoms with Gasteiger partial charge in [0.25, 0.3) is 0 Å². The smallest absolute Gasteiger partial charge is 0.240 e. The van der Waals surface area contributed by atoms with Crippen molar-refractivity contribution < 1.29 is 13.2 Å². The molecule has 0 atom stereocenters. The molecule has 0 saturated heterocycles. The maximum atomic E-state index is 12.2. The SMILES string of the molecule is COCCNS(=O)(=O)c1ccccc1CNC(C)C. The fourth-order valence-corrected chi connectivity index (χ4v) is 2.83. The van der Waals surface area contributed by atoms with E-state index in [0.717, 1.165) is 5.56 Å². The maximum absolute atomic E-state index is 12.2. The monoisotopic (exact) mass is 286 g/mol. The molecule has 0 aromatic heterocycles. The molecule has 0 saturated carbocycles. The van der Waals surface area contributed by atoms with Crippen molar-refractivity contribution in [2.75, 3.05) is 20.3 Å². The average molecular weight is 286 g/mol. The van der Waals surface area contributed by atoms with Gasteiger partial charge in [-0.3, -0.25) is 0 Å². The summed E-state index contributed by atoms with van der Waals surface area (Å²) >= 11 is 0. The second kappa shape index (κ2) is 7.59. The standard InChI is InChI=1S/C13H22N2O3S/c1-11(2)14-10-12-6-4-5-7-13(12)19(16,17)15-8-9-18-3/h4-7,11,14-15H,8-10H2,1-3H3. The number of hydrogen-bond donors (Lipinski definition) is 2. The zero-order valence-electron chi connectivity index (χ0n) is 11.6. The predicted molar refractivity (Wildman–Crippen MR) is 75.5 cm³/mol. The van der Waals surface area contributed by atoms with E-state index in [2.05, 4.69) is 10.0 Å². The summed E-state index contributed by atoms with van der Waals surface area (Å²) in [5.74, 6) is 0. The Kier molecular flexibility index (Phi) is 6.44. The zero-order valence-corrected chi connectivity index (χ0v) is 12.5. The minimum Gasteiger partial charge on any atom is -0.383 e. The van der Waals surface area contributed by atoms with Crippen LogP contribution in [-0.2, 0) is 21.3 Å². The third-order valence-electron chi connectivity index (χ3n) is 2.56. The summed E-state index contributed by atoms with van der Waals surface area (Å²) in [5, 5.41) is 3.22. The number of rotatable bonds is 8. The van der Waals surface area contributed by atoms with Crippen LogP contribution in [0.25, 0.3) is 0 Å². The molecular weight excluding hydrogens is 264 g/mol. The average Bonchev–Trinajstić information content (AvgIpc) is 2.37. The van der Waals surface area contributed by atoms with Gasteiger partial charge in [0.05, 0.1) is 11.5 Å². The number of methoxy groups -OCH3 is 1. The van der Waals surface area contributed by atoms with E-state index < -0.39 is 10.0 Å². The number of sulfonamides is 1. The van der Waals surface area contributed by atoms with Crippen LogP contribution in [0, 0.1) is 0 Å². The summed E-state index contributed by atoms with van der Waals surface area (Å²) in [6, 6.07) is 7.30. The van der Waals surface area contributed by atoms with Crippen LogP contribution in [0.5, 0.6) is 0 Å². The molecule has 19 heavy (non-hydrogen) atoms. The van der Waals surface area contributed by atoms with Gasteiger partial charge >= 0.3 is 0 Å². The lowest BCUT2D eigenvalue weighted by Gasteiger charge is -2.13. The molecular formula is C13H22N2O3S. The Hall–Kier alpha value is -0.950. The van der Waals surface area contributed by atoms with Crippen molar-refractivity contribution in [2.45, 2.75) is 31.3 Å². The highest BCUT2D eigenvalue weighted by Gasteiger charge is 2.17. The summed E-state index contributed by atoms with van der Waals surface area (Å²) in [5.41, 5.74) is 0.765.